The van der Waals surface area contributed by atoms with Crippen LogP contribution < -0.4 is 0 Å². The number of aryl methyl sites for hydroxylation is 1. The van der Waals surface area contributed by atoms with Crippen LogP contribution in [0, 0.1) is 13.8 Å². The van der Waals surface area contributed by atoms with Crippen molar-refractivity contribution in [1.29, 1.82) is 0 Å². The number of likely N-dealkylation sites (tertiary alicyclic amines) is 1. The molecule has 0 aliphatic carbocycles. The van der Waals surface area contributed by atoms with Gasteiger partial charge in [0, 0.05) is 31.0 Å². The predicted molar refractivity (Wildman–Crippen MR) is 84.6 cm³/mol. The van der Waals surface area contributed by atoms with Gasteiger partial charge in [-0.05, 0) is 46.1 Å². The van der Waals surface area contributed by atoms with E-state index in [2.05, 4.69) is 18.4 Å². The van der Waals surface area contributed by atoms with Gasteiger partial charge in [-0.25, -0.2) is 0 Å². The Morgan fingerprint density at radius 2 is 1.90 bits per heavy atom. The lowest BCUT2D eigenvalue weighted by Gasteiger charge is -2.38. The van der Waals surface area contributed by atoms with Gasteiger partial charge in [-0.2, -0.15) is 0 Å². The minimum atomic E-state index is -0.564. The van der Waals surface area contributed by atoms with Crippen molar-refractivity contribution in [3.05, 3.63) is 23.0 Å². The third-order valence-electron chi connectivity index (χ3n) is 4.82. The second kappa shape index (κ2) is 6.22. The average Bonchev–Trinajstić information content (AvgIpc) is 2.73. The summed E-state index contributed by atoms with van der Waals surface area (Å²) in [6, 6.07) is 1.99. The Morgan fingerprint density at radius 3 is 2.38 bits per heavy atom. The number of piperidine rings is 1. The van der Waals surface area contributed by atoms with E-state index in [1.807, 2.05) is 24.8 Å². The topological polar surface area (TPSA) is 45.5 Å². The first-order valence-electron chi connectivity index (χ1n) is 8.10. The molecule has 0 aromatic carbocycles. The van der Waals surface area contributed by atoms with E-state index in [0.717, 1.165) is 36.3 Å². The third kappa shape index (κ3) is 3.15. The van der Waals surface area contributed by atoms with E-state index in [-0.39, 0.29) is 5.91 Å². The van der Waals surface area contributed by atoms with Gasteiger partial charge in [-0.1, -0.05) is 13.3 Å². The van der Waals surface area contributed by atoms with Crippen molar-refractivity contribution in [2.24, 2.45) is 0 Å². The van der Waals surface area contributed by atoms with Gasteiger partial charge < -0.3 is 14.6 Å². The molecule has 1 aromatic heterocycles. The Morgan fingerprint density at radius 1 is 1.29 bits per heavy atom. The highest BCUT2D eigenvalue weighted by Crippen LogP contribution is 2.28. The fourth-order valence-electron chi connectivity index (χ4n) is 3.52. The number of aliphatic hydroxyl groups is 1. The molecule has 2 rings (SSSR count). The molecule has 118 valence electrons. The summed E-state index contributed by atoms with van der Waals surface area (Å²) in [7, 11) is 0. The van der Waals surface area contributed by atoms with Gasteiger partial charge in [-0.15, -0.1) is 0 Å². The van der Waals surface area contributed by atoms with Crippen LogP contribution in [0.25, 0.3) is 0 Å². The number of carbonyl (C=O) groups excluding carboxylic acids is 1. The third-order valence-corrected chi connectivity index (χ3v) is 4.82. The first kappa shape index (κ1) is 16.1. The van der Waals surface area contributed by atoms with E-state index >= 15 is 0 Å². The number of carbonyl (C=O) groups is 1. The maximum absolute atomic E-state index is 12.7. The van der Waals surface area contributed by atoms with Gasteiger partial charge >= 0.3 is 0 Å². The SMILES string of the molecule is CCCC1(O)CCN(C(=O)c2cc(C)n(CC)c2C)CC1. The van der Waals surface area contributed by atoms with Crippen molar-refractivity contribution < 1.29 is 9.90 Å². The van der Waals surface area contributed by atoms with Crippen LogP contribution in [0.3, 0.4) is 0 Å². The van der Waals surface area contributed by atoms with Crippen LogP contribution >= 0.6 is 0 Å². The number of amides is 1. The van der Waals surface area contributed by atoms with Crippen molar-refractivity contribution in [1.82, 2.24) is 9.47 Å². The highest BCUT2D eigenvalue weighted by Gasteiger charge is 2.33. The van der Waals surface area contributed by atoms with Crippen LogP contribution in [0.4, 0.5) is 0 Å². The molecule has 0 radical (unpaired) electrons. The predicted octanol–water partition coefficient (Wildman–Crippen LogP) is 2.89. The van der Waals surface area contributed by atoms with Gasteiger partial charge in [0.25, 0.3) is 5.91 Å². The molecule has 4 heteroatoms. The largest absolute Gasteiger partial charge is 0.390 e. The standard InChI is InChI=1S/C17H28N2O2/c1-5-7-17(21)8-10-18(11-9-17)16(20)15-12-13(3)19(6-2)14(15)4/h12,21H,5-11H2,1-4H3. The first-order chi connectivity index (χ1) is 9.91. The molecule has 1 amide bonds. The molecule has 1 aromatic rings. The second-order valence-corrected chi connectivity index (χ2v) is 6.30. The lowest BCUT2D eigenvalue weighted by Crippen LogP contribution is -2.46. The Labute approximate surface area is 127 Å². The molecule has 0 saturated carbocycles. The summed E-state index contributed by atoms with van der Waals surface area (Å²) in [4.78, 5) is 14.6. The molecule has 1 N–H and O–H groups in total. The van der Waals surface area contributed by atoms with Crippen LogP contribution in [-0.2, 0) is 6.54 Å². The zero-order chi connectivity index (χ0) is 15.6. The van der Waals surface area contributed by atoms with Crippen LogP contribution in [0.15, 0.2) is 6.07 Å². The van der Waals surface area contributed by atoms with E-state index < -0.39 is 5.60 Å². The monoisotopic (exact) mass is 292 g/mol. The summed E-state index contributed by atoms with van der Waals surface area (Å²) in [5.41, 5.74) is 2.44. The molecule has 0 spiro atoms. The summed E-state index contributed by atoms with van der Waals surface area (Å²) in [5.74, 6) is 0.112. The fraction of sp³-hybridized carbons (Fsp3) is 0.706. The Kier molecular flexibility index (Phi) is 4.77. The van der Waals surface area contributed by atoms with Crippen molar-refractivity contribution in [3.63, 3.8) is 0 Å². The molecule has 1 fully saturated rings. The molecule has 1 aliphatic rings. The normalized spacial score (nSPS) is 18.0. The van der Waals surface area contributed by atoms with Crippen molar-refractivity contribution in [2.75, 3.05) is 13.1 Å². The van der Waals surface area contributed by atoms with E-state index in [4.69, 9.17) is 0 Å². The average molecular weight is 292 g/mol. The van der Waals surface area contributed by atoms with E-state index in [9.17, 15) is 9.90 Å². The first-order valence-corrected chi connectivity index (χ1v) is 8.10. The Balaban J connectivity index is 2.09. The number of hydrogen-bond donors (Lipinski definition) is 1. The quantitative estimate of drug-likeness (QED) is 0.927. The van der Waals surface area contributed by atoms with Crippen molar-refractivity contribution in [2.45, 2.75) is 65.5 Å². The molecule has 2 heterocycles. The number of aromatic nitrogens is 1. The lowest BCUT2D eigenvalue weighted by atomic mass is 9.87. The molecule has 21 heavy (non-hydrogen) atoms. The molecule has 0 atom stereocenters. The number of hydrogen-bond acceptors (Lipinski definition) is 2. The summed E-state index contributed by atoms with van der Waals surface area (Å²) in [5, 5.41) is 10.4. The van der Waals surface area contributed by atoms with Crippen molar-refractivity contribution in [3.8, 4) is 0 Å². The van der Waals surface area contributed by atoms with Crippen LogP contribution in [0.5, 0.6) is 0 Å². The van der Waals surface area contributed by atoms with Gasteiger partial charge in [-0.3, -0.25) is 4.79 Å². The van der Waals surface area contributed by atoms with Crippen molar-refractivity contribution >= 4 is 5.91 Å². The maximum atomic E-state index is 12.7. The highest BCUT2D eigenvalue weighted by atomic mass is 16.3. The number of rotatable bonds is 4. The van der Waals surface area contributed by atoms with E-state index in [1.165, 1.54) is 0 Å². The minimum Gasteiger partial charge on any atom is -0.390 e. The van der Waals surface area contributed by atoms with Gasteiger partial charge in [0.2, 0.25) is 0 Å². The smallest absolute Gasteiger partial charge is 0.255 e. The molecule has 1 saturated heterocycles. The zero-order valence-corrected chi connectivity index (χ0v) is 13.8. The summed E-state index contributed by atoms with van der Waals surface area (Å²) >= 11 is 0. The summed E-state index contributed by atoms with van der Waals surface area (Å²) in [6.45, 7) is 10.5. The van der Waals surface area contributed by atoms with Crippen LogP contribution in [0.2, 0.25) is 0 Å². The molecule has 0 unspecified atom stereocenters. The van der Waals surface area contributed by atoms with Gasteiger partial charge in [0.05, 0.1) is 11.2 Å². The minimum absolute atomic E-state index is 0.112. The van der Waals surface area contributed by atoms with Gasteiger partial charge in [0.1, 0.15) is 0 Å². The van der Waals surface area contributed by atoms with Gasteiger partial charge in [0.15, 0.2) is 0 Å². The molecule has 0 bridgehead atoms. The maximum Gasteiger partial charge on any atom is 0.255 e. The van der Waals surface area contributed by atoms with Crippen LogP contribution in [-0.4, -0.2) is 39.2 Å². The van der Waals surface area contributed by atoms with E-state index in [1.54, 1.807) is 0 Å². The molecular weight excluding hydrogens is 264 g/mol. The molecule has 1 aliphatic heterocycles. The second-order valence-electron chi connectivity index (χ2n) is 6.30. The Bertz CT molecular complexity index is 511. The highest BCUT2D eigenvalue weighted by molar-refractivity contribution is 5.95. The summed E-state index contributed by atoms with van der Waals surface area (Å²) in [6.07, 6.45) is 3.21. The fourth-order valence-corrected chi connectivity index (χ4v) is 3.52. The molecule has 4 nitrogen and oxygen atoms in total. The number of nitrogens with zero attached hydrogens (tertiary/aromatic N) is 2. The molecular formula is C17H28N2O2. The van der Waals surface area contributed by atoms with Crippen LogP contribution in [0.1, 0.15) is 61.3 Å². The zero-order valence-electron chi connectivity index (χ0n) is 13.8. The summed E-state index contributed by atoms with van der Waals surface area (Å²) < 4.78 is 2.17. The van der Waals surface area contributed by atoms with E-state index in [0.29, 0.717) is 25.9 Å². The lowest BCUT2D eigenvalue weighted by molar-refractivity contribution is -0.0233. The Hall–Kier alpha value is -1.29.